The van der Waals surface area contributed by atoms with Gasteiger partial charge in [0, 0.05) is 40.3 Å². The van der Waals surface area contributed by atoms with Gasteiger partial charge in [-0.05, 0) is 61.4 Å². The van der Waals surface area contributed by atoms with E-state index in [1.807, 2.05) is 48.5 Å². The molecule has 2 aromatic heterocycles. The number of nitrogens with one attached hydrogen (secondary N) is 2. The first-order chi connectivity index (χ1) is 15.7. The van der Waals surface area contributed by atoms with E-state index in [-0.39, 0.29) is 11.9 Å². The van der Waals surface area contributed by atoms with Crippen LogP contribution in [0.1, 0.15) is 36.0 Å². The van der Waals surface area contributed by atoms with E-state index in [0.29, 0.717) is 19.0 Å². The number of fused-ring (bicyclic) bond motifs is 2. The molecule has 7 heteroatoms. The average molecular weight is 425 g/mol. The lowest BCUT2D eigenvalue weighted by molar-refractivity contribution is 0.0925. The van der Waals surface area contributed by atoms with Crippen molar-refractivity contribution in [1.29, 1.82) is 0 Å². The lowest BCUT2D eigenvalue weighted by Crippen LogP contribution is -2.43. The van der Waals surface area contributed by atoms with E-state index in [0.717, 1.165) is 64.9 Å². The maximum Gasteiger partial charge on any atom is 0.278 e. The van der Waals surface area contributed by atoms with Gasteiger partial charge < -0.3 is 19.8 Å². The highest BCUT2D eigenvalue weighted by molar-refractivity contribution is 6.64. The van der Waals surface area contributed by atoms with Crippen LogP contribution in [-0.2, 0) is 4.79 Å². The van der Waals surface area contributed by atoms with Gasteiger partial charge in [-0.25, -0.2) is 0 Å². The van der Waals surface area contributed by atoms with Crippen LogP contribution in [0.25, 0.3) is 33.1 Å². The number of carbonyl (C=O) groups excluding carboxylic acids is 2. The lowest BCUT2D eigenvalue weighted by atomic mass is 9.86. The SMILES string of the molecule is O=CBN[C@H]1CC[C@H](NC(=O)c2ccc3cncc(-c4cc5ccccc5o4)c3c2)CC1. The predicted octanol–water partition coefficient (Wildman–Crippen LogP) is 3.82. The van der Waals surface area contributed by atoms with Crippen molar-refractivity contribution >= 4 is 41.2 Å². The van der Waals surface area contributed by atoms with Crippen molar-refractivity contribution < 1.29 is 14.0 Å². The van der Waals surface area contributed by atoms with Crippen molar-refractivity contribution in [3.8, 4) is 11.3 Å². The Morgan fingerprint density at radius 1 is 1.00 bits per heavy atom. The maximum atomic E-state index is 13.0. The minimum Gasteiger partial charge on any atom is -0.456 e. The van der Waals surface area contributed by atoms with E-state index in [2.05, 4.69) is 15.5 Å². The van der Waals surface area contributed by atoms with Crippen LogP contribution < -0.4 is 10.5 Å². The third kappa shape index (κ3) is 4.16. The zero-order chi connectivity index (χ0) is 21.9. The van der Waals surface area contributed by atoms with Crippen LogP contribution >= 0.6 is 0 Å². The lowest BCUT2D eigenvalue weighted by Gasteiger charge is -2.29. The largest absolute Gasteiger partial charge is 0.456 e. The molecule has 0 radical (unpaired) electrons. The quantitative estimate of drug-likeness (QED) is 0.363. The molecule has 0 atom stereocenters. The Kier molecular flexibility index (Phi) is 5.73. The standard InChI is InChI=1S/C25H24BN3O3/c30-15-26-29-20-9-7-19(8-10-20)28-25(31)17-5-6-18-13-27-14-22(21(18)11-17)24-12-16-3-1-2-4-23(16)32-24/h1-6,11-15,19-20,26,29H,7-10H2,(H,28,31)/t19-,20-. The molecule has 32 heavy (non-hydrogen) atoms. The molecule has 1 saturated carbocycles. The van der Waals surface area contributed by atoms with Crippen LogP contribution in [-0.4, -0.2) is 36.6 Å². The zero-order valence-corrected chi connectivity index (χ0v) is 17.7. The van der Waals surface area contributed by atoms with E-state index >= 15 is 0 Å². The molecule has 6 nitrogen and oxygen atoms in total. The Labute approximate surface area is 186 Å². The molecule has 2 heterocycles. The molecule has 1 fully saturated rings. The number of benzene rings is 2. The van der Waals surface area contributed by atoms with Crippen molar-refractivity contribution in [2.24, 2.45) is 0 Å². The highest BCUT2D eigenvalue weighted by Gasteiger charge is 2.22. The summed E-state index contributed by atoms with van der Waals surface area (Å²) in [5.41, 5.74) is 2.32. The van der Waals surface area contributed by atoms with Crippen molar-refractivity contribution in [2.75, 3.05) is 0 Å². The Morgan fingerprint density at radius 3 is 2.62 bits per heavy atom. The van der Waals surface area contributed by atoms with Crippen molar-refractivity contribution in [1.82, 2.24) is 15.5 Å². The molecule has 0 unspecified atom stereocenters. The van der Waals surface area contributed by atoms with Gasteiger partial charge in [0.2, 0.25) is 0 Å². The Bertz CT molecular complexity index is 1240. The van der Waals surface area contributed by atoms with E-state index < -0.39 is 0 Å². The minimum atomic E-state index is -0.0661. The molecule has 0 spiro atoms. The van der Waals surface area contributed by atoms with Crippen LogP contribution in [0.15, 0.2) is 65.3 Å². The van der Waals surface area contributed by atoms with Crippen LogP contribution in [0.3, 0.4) is 0 Å². The summed E-state index contributed by atoms with van der Waals surface area (Å²) in [7, 11) is 0.390. The van der Waals surface area contributed by atoms with E-state index in [4.69, 9.17) is 4.42 Å². The van der Waals surface area contributed by atoms with E-state index in [9.17, 15) is 9.59 Å². The number of aromatic nitrogens is 1. The topological polar surface area (TPSA) is 84.2 Å². The van der Waals surface area contributed by atoms with Gasteiger partial charge in [0.05, 0.1) is 6.19 Å². The first kappa shape index (κ1) is 20.5. The molecule has 0 saturated heterocycles. The summed E-state index contributed by atoms with van der Waals surface area (Å²) >= 11 is 0. The zero-order valence-electron chi connectivity index (χ0n) is 17.7. The Balaban J connectivity index is 1.37. The molecule has 5 rings (SSSR count). The van der Waals surface area contributed by atoms with Crippen molar-refractivity contribution in [3.63, 3.8) is 0 Å². The van der Waals surface area contributed by atoms with Gasteiger partial charge in [-0.15, -0.1) is 0 Å². The van der Waals surface area contributed by atoms with Gasteiger partial charge in [0.15, 0.2) is 0 Å². The molecule has 1 aliphatic carbocycles. The fourth-order valence-corrected chi connectivity index (χ4v) is 4.54. The number of hydrogen-bond acceptors (Lipinski definition) is 5. The second-order valence-electron chi connectivity index (χ2n) is 8.37. The van der Waals surface area contributed by atoms with Gasteiger partial charge in [-0.2, -0.15) is 0 Å². The summed E-state index contributed by atoms with van der Waals surface area (Å²) < 4.78 is 6.05. The molecule has 0 aliphatic heterocycles. The van der Waals surface area contributed by atoms with Gasteiger partial charge in [-0.3, -0.25) is 9.78 Å². The van der Waals surface area contributed by atoms with Crippen LogP contribution in [0.5, 0.6) is 0 Å². The molecular formula is C25H24BN3O3. The second-order valence-corrected chi connectivity index (χ2v) is 8.37. The fourth-order valence-electron chi connectivity index (χ4n) is 4.54. The Hall–Kier alpha value is -3.45. The van der Waals surface area contributed by atoms with Gasteiger partial charge >= 0.3 is 0 Å². The number of para-hydroxylation sites is 1. The third-order valence-corrected chi connectivity index (χ3v) is 6.27. The Morgan fingerprint density at radius 2 is 1.81 bits per heavy atom. The number of hydrogen-bond donors (Lipinski definition) is 2. The number of nitrogens with zero attached hydrogens (tertiary/aromatic N) is 1. The first-order valence-electron chi connectivity index (χ1n) is 11.1. The van der Waals surface area contributed by atoms with Gasteiger partial charge in [-0.1, -0.05) is 24.3 Å². The summed E-state index contributed by atoms with van der Waals surface area (Å²) in [5.74, 6) is 0.673. The molecular weight excluding hydrogens is 401 g/mol. The third-order valence-electron chi connectivity index (χ3n) is 6.27. The summed E-state index contributed by atoms with van der Waals surface area (Å²) in [6.45, 7) is 0. The minimum absolute atomic E-state index is 0.0661. The number of carbonyl (C=O) groups is 2. The predicted molar refractivity (Wildman–Crippen MR) is 127 cm³/mol. The monoisotopic (exact) mass is 425 g/mol. The molecule has 2 N–H and O–H groups in total. The van der Waals surface area contributed by atoms with Gasteiger partial charge in [0.1, 0.15) is 11.3 Å². The highest BCUT2D eigenvalue weighted by atomic mass is 16.3. The highest BCUT2D eigenvalue weighted by Crippen LogP contribution is 2.32. The second kappa shape index (κ2) is 8.97. The molecule has 1 amide bonds. The molecule has 1 aliphatic rings. The van der Waals surface area contributed by atoms with E-state index in [1.54, 1.807) is 12.4 Å². The normalized spacial score (nSPS) is 18.5. The van der Waals surface area contributed by atoms with Crippen LogP contribution in [0.4, 0.5) is 0 Å². The number of pyridine rings is 1. The molecule has 2 aromatic carbocycles. The van der Waals surface area contributed by atoms with Crippen molar-refractivity contribution in [3.05, 3.63) is 66.5 Å². The van der Waals surface area contributed by atoms with Crippen LogP contribution in [0.2, 0.25) is 0 Å². The first-order valence-corrected chi connectivity index (χ1v) is 11.1. The molecule has 4 aromatic rings. The smallest absolute Gasteiger partial charge is 0.278 e. The summed E-state index contributed by atoms with van der Waals surface area (Å²) in [5, 5.41) is 9.35. The number of furan rings is 1. The average Bonchev–Trinajstić information content (AvgIpc) is 3.27. The van der Waals surface area contributed by atoms with E-state index in [1.165, 1.54) is 0 Å². The fraction of sp³-hybridized carbons (Fsp3) is 0.240. The van der Waals surface area contributed by atoms with Crippen molar-refractivity contribution in [2.45, 2.75) is 37.8 Å². The molecule has 160 valence electrons. The number of rotatable bonds is 6. The van der Waals surface area contributed by atoms with Crippen LogP contribution in [0, 0.1) is 0 Å². The van der Waals surface area contributed by atoms with Gasteiger partial charge in [0.25, 0.3) is 13.3 Å². The molecule has 0 bridgehead atoms. The summed E-state index contributed by atoms with van der Waals surface area (Å²) in [6, 6.07) is 16.1. The summed E-state index contributed by atoms with van der Waals surface area (Å²) in [4.78, 5) is 27.9. The maximum absolute atomic E-state index is 13.0. The number of amides is 1. The summed E-state index contributed by atoms with van der Waals surface area (Å²) in [6.07, 6.45) is 8.21.